The van der Waals surface area contributed by atoms with Crippen molar-refractivity contribution in [3.63, 3.8) is 0 Å². The number of nitrogens with one attached hydrogen (secondary N) is 2. The van der Waals surface area contributed by atoms with Crippen LogP contribution in [0.25, 0.3) is 0 Å². The van der Waals surface area contributed by atoms with Gasteiger partial charge < -0.3 is 10.4 Å². The summed E-state index contributed by atoms with van der Waals surface area (Å²) < 4.78 is 1.23. The number of phenols is 1. The summed E-state index contributed by atoms with van der Waals surface area (Å²) in [5.74, 6) is -0.812. The topological polar surface area (TPSA) is 90.8 Å². The molecule has 152 valence electrons. The Morgan fingerprint density at radius 3 is 2.53 bits per heavy atom. The van der Waals surface area contributed by atoms with Crippen LogP contribution in [0, 0.1) is 6.92 Å². The summed E-state index contributed by atoms with van der Waals surface area (Å²) in [6, 6.07) is 17.2. The molecule has 6 nitrogen and oxygen atoms in total. The zero-order valence-electron chi connectivity index (χ0n) is 15.8. The highest BCUT2D eigenvalue weighted by Gasteiger charge is 2.14. The Morgan fingerprint density at radius 2 is 1.77 bits per heavy atom. The second-order valence-electron chi connectivity index (χ2n) is 6.39. The van der Waals surface area contributed by atoms with E-state index < -0.39 is 5.91 Å². The van der Waals surface area contributed by atoms with E-state index in [0.29, 0.717) is 21.3 Å². The van der Waals surface area contributed by atoms with Crippen LogP contribution in [-0.2, 0) is 0 Å². The molecular formula is C22H17Br2N3O3. The van der Waals surface area contributed by atoms with Crippen LogP contribution in [-0.4, -0.2) is 23.1 Å². The Labute approximate surface area is 190 Å². The zero-order valence-corrected chi connectivity index (χ0v) is 19.0. The minimum absolute atomic E-state index is 0.00187. The van der Waals surface area contributed by atoms with Gasteiger partial charge in [-0.25, -0.2) is 5.43 Å². The molecule has 0 heterocycles. The lowest BCUT2D eigenvalue weighted by Gasteiger charge is -2.10. The van der Waals surface area contributed by atoms with Gasteiger partial charge in [0.1, 0.15) is 5.75 Å². The fraction of sp³-hybridized carbons (Fsp3) is 0.0455. The number of benzene rings is 3. The third kappa shape index (κ3) is 5.34. The normalized spacial score (nSPS) is 10.8. The summed E-state index contributed by atoms with van der Waals surface area (Å²) >= 11 is 6.57. The molecule has 0 spiro atoms. The number of para-hydroxylation sites is 1. The average Bonchev–Trinajstić information content (AvgIpc) is 2.71. The van der Waals surface area contributed by atoms with Crippen molar-refractivity contribution in [3.05, 3.63) is 91.9 Å². The number of aryl methyl sites for hydroxylation is 1. The maximum absolute atomic E-state index is 12.6. The van der Waals surface area contributed by atoms with E-state index in [2.05, 4.69) is 47.7 Å². The van der Waals surface area contributed by atoms with Crippen LogP contribution in [0.4, 0.5) is 5.69 Å². The summed E-state index contributed by atoms with van der Waals surface area (Å²) in [4.78, 5) is 25.1. The lowest BCUT2D eigenvalue weighted by Crippen LogP contribution is -2.21. The van der Waals surface area contributed by atoms with E-state index in [0.717, 1.165) is 10.0 Å². The van der Waals surface area contributed by atoms with Gasteiger partial charge in [-0.2, -0.15) is 5.10 Å². The fourth-order valence-electron chi connectivity index (χ4n) is 2.68. The number of nitrogens with zero attached hydrogens (tertiary/aromatic N) is 1. The minimum Gasteiger partial charge on any atom is -0.506 e. The van der Waals surface area contributed by atoms with Crippen molar-refractivity contribution in [1.82, 2.24) is 5.43 Å². The van der Waals surface area contributed by atoms with Crippen LogP contribution in [0.3, 0.4) is 0 Å². The summed E-state index contributed by atoms with van der Waals surface area (Å²) in [5.41, 5.74) is 4.92. The molecule has 3 aromatic rings. The van der Waals surface area contributed by atoms with Crippen LogP contribution in [0.1, 0.15) is 31.8 Å². The first-order chi connectivity index (χ1) is 14.3. The molecule has 0 aliphatic rings. The zero-order chi connectivity index (χ0) is 21.7. The lowest BCUT2D eigenvalue weighted by molar-refractivity contribution is 0.0956. The van der Waals surface area contributed by atoms with Gasteiger partial charge in [0.15, 0.2) is 0 Å². The fourth-order valence-corrected chi connectivity index (χ4v) is 3.93. The maximum Gasteiger partial charge on any atom is 0.273 e. The van der Waals surface area contributed by atoms with E-state index in [4.69, 9.17) is 0 Å². The van der Waals surface area contributed by atoms with E-state index in [1.54, 1.807) is 54.6 Å². The summed E-state index contributed by atoms with van der Waals surface area (Å²) in [7, 11) is 0. The SMILES string of the molecule is Cc1cccc(C(=O)Nc2ccccc2C(=O)N/N=C\c2cc(Br)cc(Br)c2O)c1. The summed E-state index contributed by atoms with van der Waals surface area (Å²) in [6.07, 6.45) is 1.33. The Morgan fingerprint density at radius 1 is 1.00 bits per heavy atom. The van der Waals surface area contributed by atoms with E-state index in [9.17, 15) is 14.7 Å². The van der Waals surface area contributed by atoms with Crippen LogP contribution in [0.2, 0.25) is 0 Å². The largest absolute Gasteiger partial charge is 0.506 e. The predicted molar refractivity (Wildman–Crippen MR) is 124 cm³/mol. The molecule has 3 aromatic carbocycles. The molecule has 30 heavy (non-hydrogen) atoms. The van der Waals surface area contributed by atoms with E-state index >= 15 is 0 Å². The number of phenolic OH excluding ortho intramolecular Hbond substituents is 1. The molecular weight excluding hydrogens is 514 g/mol. The quantitative estimate of drug-likeness (QED) is 0.311. The Balaban J connectivity index is 1.75. The number of hydrazone groups is 1. The van der Waals surface area contributed by atoms with Gasteiger partial charge in [-0.1, -0.05) is 45.8 Å². The third-order valence-electron chi connectivity index (χ3n) is 4.13. The number of carbonyl (C=O) groups is 2. The Hall–Kier alpha value is -2.97. The number of anilines is 1. The Kier molecular flexibility index (Phi) is 7.02. The summed E-state index contributed by atoms with van der Waals surface area (Å²) in [5, 5.41) is 16.7. The smallest absolute Gasteiger partial charge is 0.273 e. The molecule has 0 aromatic heterocycles. The number of carbonyl (C=O) groups excluding carboxylic acids is 2. The molecule has 0 saturated heterocycles. The van der Waals surface area contributed by atoms with Gasteiger partial charge in [-0.15, -0.1) is 0 Å². The molecule has 0 aliphatic heterocycles. The molecule has 0 saturated carbocycles. The van der Waals surface area contributed by atoms with Crippen molar-refractivity contribution in [1.29, 1.82) is 0 Å². The highest BCUT2D eigenvalue weighted by molar-refractivity contribution is 9.11. The van der Waals surface area contributed by atoms with Crippen molar-refractivity contribution in [2.75, 3.05) is 5.32 Å². The monoisotopic (exact) mass is 529 g/mol. The molecule has 0 aliphatic carbocycles. The van der Waals surface area contributed by atoms with Gasteiger partial charge >= 0.3 is 0 Å². The standard InChI is InChI=1S/C22H17Br2N3O3/c1-13-5-4-6-14(9-13)21(29)26-19-8-3-2-7-17(19)22(30)27-25-12-15-10-16(23)11-18(24)20(15)28/h2-12,28H,1H3,(H,26,29)(H,27,30)/b25-12-. The van der Waals surface area contributed by atoms with Gasteiger partial charge in [0, 0.05) is 15.6 Å². The van der Waals surface area contributed by atoms with Crippen molar-refractivity contribution in [3.8, 4) is 5.75 Å². The van der Waals surface area contributed by atoms with E-state index in [-0.39, 0.29) is 17.2 Å². The average molecular weight is 531 g/mol. The minimum atomic E-state index is -0.500. The number of hydrogen-bond acceptors (Lipinski definition) is 4. The Bertz CT molecular complexity index is 1150. The van der Waals surface area contributed by atoms with Crippen LogP contribution in [0.15, 0.2) is 74.7 Å². The molecule has 0 bridgehead atoms. The number of amides is 2. The lowest BCUT2D eigenvalue weighted by atomic mass is 10.1. The molecule has 0 radical (unpaired) electrons. The first-order valence-corrected chi connectivity index (χ1v) is 10.4. The molecule has 3 N–H and O–H groups in total. The molecule has 0 unspecified atom stereocenters. The van der Waals surface area contributed by atoms with Gasteiger partial charge in [-0.3, -0.25) is 9.59 Å². The number of aromatic hydroxyl groups is 1. The summed E-state index contributed by atoms with van der Waals surface area (Å²) in [6.45, 7) is 1.90. The van der Waals surface area contributed by atoms with Crippen molar-refractivity contribution >= 4 is 55.6 Å². The predicted octanol–water partition coefficient (Wildman–Crippen LogP) is 5.24. The van der Waals surface area contributed by atoms with E-state index in [1.807, 2.05) is 13.0 Å². The molecule has 0 atom stereocenters. The van der Waals surface area contributed by atoms with Crippen molar-refractivity contribution in [2.24, 2.45) is 5.10 Å². The molecule has 8 heteroatoms. The highest BCUT2D eigenvalue weighted by Crippen LogP contribution is 2.30. The maximum atomic E-state index is 12.6. The van der Waals surface area contributed by atoms with Crippen LogP contribution < -0.4 is 10.7 Å². The third-order valence-corrected chi connectivity index (χ3v) is 5.19. The number of hydrogen-bond donors (Lipinski definition) is 3. The van der Waals surface area contributed by atoms with Crippen molar-refractivity contribution in [2.45, 2.75) is 6.92 Å². The number of halogens is 2. The van der Waals surface area contributed by atoms with Gasteiger partial charge in [0.05, 0.1) is 21.9 Å². The number of rotatable bonds is 5. The molecule has 0 fully saturated rings. The first-order valence-electron chi connectivity index (χ1n) is 8.83. The molecule has 3 rings (SSSR count). The van der Waals surface area contributed by atoms with Crippen LogP contribution in [0.5, 0.6) is 5.75 Å². The van der Waals surface area contributed by atoms with Gasteiger partial charge in [-0.05, 0) is 59.3 Å². The molecule has 2 amide bonds. The highest BCUT2D eigenvalue weighted by atomic mass is 79.9. The van der Waals surface area contributed by atoms with Gasteiger partial charge in [0.2, 0.25) is 0 Å². The van der Waals surface area contributed by atoms with E-state index in [1.165, 1.54) is 6.21 Å². The second kappa shape index (κ2) is 9.69. The van der Waals surface area contributed by atoms with Crippen LogP contribution >= 0.6 is 31.9 Å². The van der Waals surface area contributed by atoms with Gasteiger partial charge in [0.25, 0.3) is 11.8 Å². The second-order valence-corrected chi connectivity index (χ2v) is 8.16. The van der Waals surface area contributed by atoms with Crippen molar-refractivity contribution < 1.29 is 14.7 Å². The first kappa shape index (κ1) is 21.7.